The van der Waals surface area contributed by atoms with Gasteiger partial charge in [0.2, 0.25) is 5.91 Å². The molecule has 0 aromatic heterocycles. The summed E-state index contributed by atoms with van der Waals surface area (Å²) in [5, 5.41) is 3.92. The summed E-state index contributed by atoms with van der Waals surface area (Å²) in [6.45, 7) is 4.70. The summed E-state index contributed by atoms with van der Waals surface area (Å²) in [4.78, 5) is 11.9. The molecule has 2 aromatic rings. The molecule has 0 aliphatic heterocycles. The molecular weight excluding hydrogens is 345 g/mol. The van der Waals surface area contributed by atoms with E-state index in [1.807, 2.05) is 24.3 Å². The number of carbonyl (C=O) groups is 1. The molecule has 1 N–H and O–H groups in total. The molecule has 0 spiro atoms. The summed E-state index contributed by atoms with van der Waals surface area (Å²) < 4.78 is 5.56. The van der Waals surface area contributed by atoms with Crippen LogP contribution in [0.15, 0.2) is 42.5 Å². The van der Waals surface area contributed by atoms with Crippen LogP contribution in [0.4, 0.5) is 5.69 Å². The van der Waals surface area contributed by atoms with Gasteiger partial charge in [-0.3, -0.25) is 4.79 Å². The normalized spacial score (nSPS) is 10.7. The molecule has 2 rings (SSSR count). The SMILES string of the molecule is CC(C)c1ccc(NC(=O)CCCOc2ccc(Cl)cc2Cl)cc1. The van der Waals surface area contributed by atoms with E-state index in [2.05, 4.69) is 19.2 Å². The third-order valence-electron chi connectivity index (χ3n) is 3.56. The lowest BCUT2D eigenvalue weighted by Crippen LogP contribution is -2.12. The minimum Gasteiger partial charge on any atom is -0.492 e. The van der Waals surface area contributed by atoms with Crippen molar-refractivity contribution < 1.29 is 9.53 Å². The van der Waals surface area contributed by atoms with Crippen LogP contribution in [0.1, 0.15) is 38.2 Å². The third kappa shape index (κ3) is 5.73. The monoisotopic (exact) mass is 365 g/mol. The van der Waals surface area contributed by atoms with Crippen molar-refractivity contribution in [2.45, 2.75) is 32.6 Å². The van der Waals surface area contributed by atoms with Crippen molar-refractivity contribution in [3.8, 4) is 5.75 Å². The Labute approximate surface area is 152 Å². The van der Waals surface area contributed by atoms with Crippen molar-refractivity contribution in [2.75, 3.05) is 11.9 Å². The number of anilines is 1. The summed E-state index contributed by atoms with van der Waals surface area (Å²) in [6, 6.07) is 13.0. The first-order valence-electron chi connectivity index (χ1n) is 7.93. The average molecular weight is 366 g/mol. The van der Waals surface area contributed by atoms with Crippen molar-refractivity contribution in [1.29, 1.82) is 0 Å². The van der Waals surface area contributed by atoms with E-state index < -0.39 is 0 Å². The van der Waals surface area contributed by atoms with Crippen molar-refractivity contribution in [3.05, 3.63) is 58.1 Å². The van der Waals surface area contributed by atoms with Gasteiger partial charge < -0.3 is 10.1 Å². The summed E-state index contributed by atoms with van der Waals surface area (Å²) in [7, 11) is 0. The number of ether oxygens (including phenoxy) is 1. The van der Waals surface area contributed by atoms with Gasteiger partial charge in [0.15, 0.2) is 0 Å². The van der Waals surface area contributed by atoms with Crippen LogP contribution in [0.25, 0.3) is 0 Å². The van der Waals surface area contributed by atoms with Gasteiger partial charge in [-0.2, -0.15) is 0 Å². The third-order valence-corrected chi connectivity index (χ3v) is 4.09. The van der Waals surface area contributed by atoms with Crippen molar-refractivity contribution in [3.63, 3.8) is 0 Å². The zero-order valence-electron chi connectivity index (χ0n) is 13.8. The van der Waals surface area contributed by atoms with Gasteiger partial charge in [0.25, 0.3) is 0 Å². The number of nitrogens with one attached hydrogen (secondary N) is 1. The molecule has 0 aliphatic carbocycles. The molecule has 5 heteroatoms. The van der Waals surface area contributed by atoms with Crippen molar-refractivity contribution in [2.24, 2.45) is 0 Å². The maximum atomic E-state index is 11.9. The number of amides is 1. The van der Waals surface area contributed by atoms with E-state index in [1.165, 1.54) is 5.56 Å². The van der Waals surface area contributed by atoms with Gasteiger partial charge in [0.05, 0.1) is 11.6 Å². The molecule has 1 amide bonds. The molecule has 0 saturated carbocycles. The highest BCUT2D eigenvalue weighted by Crippen LogP contribution is 2.27. The smallest absolute Gasteiger partial charge is 0.224 e. The van der Waals surface area contributed by atoms with E-state index in [-0.39, 0.29) is 5.91 Å². The van der Waals surface area contributed by atoms with E-state index in [0.29, 0.717) is 41.2 Å². The number of carbonyl (C=O) groups excluding carboxylic acids is 1. The molecule has 0 radical (unpaired) electrons. The summed E-state index contributed by atoms with van der Waals surface area (Å²) in [5.41, 5.74) is 2.06. The largest absolute Gasteiger partial charge is 0.492 e. The zero-order chi connectivity index (χ0) is 17.5. The number of hydrogen-bond acceptors (Lipinski definition) is 2. The highest BCUT2D eigenvalue weighted by Gasteiger charge is 2.06. The highest BCUT2D eigenvalue weighted by atomic mass is 35.5. The van der Waals surface area contributed by atoms with Gasteiger partial charge in [-0.25, -0.2) is 0 Å². The summed E-state index contributed by atoms with van der Waals surface area (Å²) in [5.74, 6) is 1.02. The van der Waals surface area contributed by atoms with Crippen LogP contribution in [-0.4, -0.2) is 12.5 Å². The summed E-state index contributed by atoms with van der Waals surface area (Å²) >= 11 is 11.9. The topological polar surface area (TPSA) is 38.3 Å². The Morgan fingerprint density at radius 3 is 2.46 bits per heavy atom. The zero-order valence-corrected chi connectivity index (χ0v) is 15.3. The van der Waals surface area contributed by atoms with Crippen molar-refractivity contribution in [1.82, 2.24) is 0 Å². The fourth-order valence-electron chi connectivity index (χ4n) is 2.18. The molecule has 0 fully saturated rings. The van der Waals surface area contributed by atoms with Crippen LogP contribution in [0, 0.1) is 0 Å². The maximum absolute atomic E-state index is 11.9. The lowest BCUT2D eigenvalue weighted by molar-refractivity contribution is -0.116. The van der Waals surface area contributed by atoms with Gasteiger partial charge >= 0.3 is 0 Å². The molecule has 24 heavy (non-hydrogen) atoms. The Bertz CT molecular complexity index is 684. The van der Waals surface area contributed by atoms with E-state index in [1.54, 1.807) is 18.2 Å². The second kappa shape index (κ2) is 8.95. The average Bonchev–Trinajstić information content (AvgIpc) is 2.53. The lowest BCUT2D eigenvalue weighted by atomic mass is 10.0. The molecule has 2 aromatic carbocycles. The summed E-state index contributed by atoms with van der Waals surface area (Å²) in [6.07, 6.45) is 0.992. The molecule has 0 saturated heterocycles. The Hall–Kier alpha value is -1.71. The maximum Gasteiger partial charge on any atom is 0.224 e. The predicted molar refractivity (Wildman–Crippen MR) is 100 cm³/mol. The molecule has 0 atom stereocenters. The van der Waals surface area contributed by atoms with Crippen molar-refractivity contribution >= 4 is 34.8 Å². The van der Waals surface area contributed by atoms with Crippen LogP contribution in [0.3, 0.4) is 0 Å². The Morgan fingerprint density at radius 2 is 1.83 bits per heavy atom. The molecule has 0 bridgehead atoms. The van der Waals surface area contributed by atoms with Crippen LogP contribution in [-0.2, 0) is 4.79 Å². The first-order chi connectivity index (χ1) is 11.5. The highest BCUT2D eigenvalue weighted by molar-refractivity contribution is 6.35. The first-order valence-corrected chi connectivity index (χ1v) is 8.69. The molecular formula is C19H21Cl2NO2. The second-order valence-corrected chi connectivity index (χ2v) is 6.70. The Morgan fingerprint density at radius 1 is 1.12 bits per heavy atom. The van der Waals surface area contributed by atoms with E-state index in [0.717, 1.165) is 5.69 Å². The Balaban J connectivity index is 1.73. The van der Waals surface area contributed by atoms with Crippen LogP contribution < -0.4 is 10.1 Å². The first kappa shape index (κ1) is 18.6. The molecule has 3 nitrogen and oxygen atoms in total. The van der Waals surface area contributed by atoms with E-state index in [9.17, 15) is 4.79 Å². The van der Waals surface area contributed by atoms with Crippen LogP contribution in [0.5, 0.6) is 5.75 Å². The van der Waals surface area contributed by atoms with Gasteiger partial charge in [0, 0.05) is 17.1 Å². The number of rotatable bonds is 7. The van der Waals surface area contributed by atoms with Crippen LogP contribution in [0.2, 0.25) is 10.0 Å². The van der Waals surface area contributed by atoms with Gasteiger partial charge in [-0.05, 0) is 48.2 Å². The number of hydrogen-bond donors (Lipinski definition) is 1. The second-order valence-electron chi connectivity index (χ2n) is 5.85. The standard InChI is InChI=1S/C19H21Cl2NO2/c1-13(2)14-5-8-16(9-6-14)22-19(23)4-3-11-24-18-10-7-15(20)12-17(18)21/h5-10,12-13H,3-4,11H2,1-2H3,(H,22,23). The number of benzene rings is 2. The van der Waals surface area contributed by atoms with Gasteiger partial charge in [-0.1, -0.05) is 49.2 Å². The van der Waals surface area contributed by atoms with Gasteiger partial charge in [-0.15, -0.1) is 0 Å². The molecule has 0 aliphatic rings. The predicted octanol–water partition coefficient (Wildman–Crippen LogP) is 5.91. The minimum absolute atomic E-state index is 0.0295. The van der Waals surface area contributed by atoms with E-state index in [4.69, 9.17) is 27.9 Å². The van der Waals surface area contributed by atoms with Crippen LogP contribution >= 0.6 is 23.2 Å². The quantitative estimate of drug-likeness (QED) is 0.618. The molecule has 0 heterocycles. The number of halogens is 2. The lowest BCUT2D eigenvalue weighted by Gasteiger charge is -2.10. The van der Waals surface area contributed by atoms with E-state index >= 15 is 0 Å². The Kier molecular flexibility index (Phi) is 6.95. The fraction of sp³-hybridized carbons (Fsp3) is 0.316. The molecule has 0 unspecified atom stereocenters. The molecule has 128 valence electrons. The minimum atomic E-state index is -0.0295. The fourth-order valence-corrected chi connectivity index (χ4v) is 2.65. The van der Waals surface area contributed by atoms with Gasteiger partial charge in [0.1, 0.15) is 5.75 Å².